The zero-order valence-corrected chi connectivity index (χ0v) is 11.1. The molecule has 0 saturated carbocycles. The van der Waals surface area contributed by atoms with Crippen LogP contribution in [0.25, 0.3) is 0 Å². The van der Waals surface area contributed by atoms with Crippen molar-refractivity contribution in [2.24, 2.45) is 7.05 Å². The number of nitrogens with one attached hydrogen (secondary N) is 1. The summed E-state index contributed by atoms with van der Waals surface area (Å²) in [5, 5.41) is 7.73. The molecule has 1 aromatic heterocycles. The molecule has 4 heteroatoms. The molecule has 0 saturated heterocycles. The quantitative estimate of drug-likeness (QED) is 0.876. The molecule has 0 aliphatic rings. The molecule has 0 unspecified atom stereocenters. The van der Waals surface area contributed by atoms with Crippen LogP contribution in [0.2, 0.25) is 0 Å². The van der Waals surface area contributed by atoms with E-state index in [1.54, 1.807) is 7.11 Å². The Morgan fingerprint density at radius 3 is 2.78 bits per heavy atom. The number of hydrogen-bond acceptors (Lipinski definition) is 3. The van der Waals surface area contributed by atoms with E-state index in [-0.39, 0.29) is 0 Å². The molecule has 2 aromatic rings. The molecule has 0 bridgehead atoms. The summed E-state index contributed by atoms with van der Waals surface area (Å²) in [5.41, 5.74) is 3.46. The third kappa shape index (κ3) is 3.11. The Morgan fingerprint density at radius 2 is 2.11 bits per heavy atom. The highest BCUT2D eigenvalue weighted by Crippen LogP contribution is 2.12. The predicted octanol–water partition coefficient (Wildman–Crippen LogP) is 2.03. The van der Waals surface area contributed by atoms with Crippen LogP contribution in [0, 0.1) is 6.92 Å². The second kappa shape index (κ2) is 5.69. The maximum absolute atomic E-state index is 5.20. The van der Waals surface area contributed by atoms with Crippen molar-refractivity contribution in [3.63, 3.8) is 0 Å². The van der Waals surface area contributed by atoms with Crippen LogP contribution in [0.4, 0.5) is 0 Å². The van der Waals surface area contributed by atoms with Crippen LogP contribution in [-0.4, -0.2) is 16.9 Å². The van der Waals surface area contributed by atoms with Gasteiger partial charge in [0.25, 0.3) is 0 Å². The minimum absolute atomic E-state index is 0.814. The zero-order chi connectivity index (χ0) is 13.0. The monoisotopic (exact) mass is 245 g/mol. The van der Waals surface area contributed by atoms with Crippen molar-refractivity contribution >= 4 is 0 Å². The van der Waals surface area contributed by atoms with E-state index in [0.29, 0.717) is 0 Å². The number of hydrogen-bond donors (Lipinski definition) is 1. The number of ether oxygens (including phenoxy) is 1. The van der Waals surface area contributed by atoms with Crippen molar-refractivity contribution in [3.05, 3.63) is 47.3 Å². The Bertz CT molecular complexity index is 520. The molecule has 0 atom stereocenters. The SMILES string of the molecule is COc1cccc(CNCc2cc(C)nn2C)c1. The van der Waals surface area contributed by atoms with Crippen LogP contribution in [0.15, 0.2) is 30.3 Å². The van der Waals surface area contributed by atoms with Gasteiger partial charge in [0.1, 0.15) is 5.75 Å². The molecule has 18 heavy (non-hydrogen) atoms. The second-order valence-corrected chi connectivity index (χ2v) is 4.36. The fourth-order valence-electron chi connectivity index (χ4n) is 1.95. The molecule has 96 valence electrons. The first-order valence-electron chi connectivity index (χ1n) is 6.02. The van der Waals surface area contributed by atoms with Crippen LogP contribution in [0.5, 0.6) is 5.75 Å². The lowest BCUT2D eigenvalue weighted by Crippen LogP contribution is -2.15. The lowest BCUT2D eigenvalue weighted by molar-refractivity contribution is 0.414. The van der Waals surface area contributed by atoms with Crippen LogP contribution < -0.4 is 10.1 Å². The van der Waals surface area contributed by atoms with Crippen molar-refractivity contribution in [2.45, 2.75) is 20.0 Å². The van der Waals surface area contributed by atoms with Gasteiger partial charge in [-0.25, -0.2) is 0 Å². The third-order valence-corrected chi connectivity index (χ3v) is 2.87. The molecule has 1 heterocycles. The van der Waals surface area contributed by atoms with Crippen molar-refractivity contribution in [1.82, 2.24) is 15.1 Å². The van der Waals surface area contributed by atoms with Crippen LogP contribution in [-0.2, 0) is 20.1 Å². The zero-order valence-electron chi connectivity index (χ0n) is 11.1. The van der Waals surface area contributed by atoms with Crippen LogP contribution >= 0.6 is 0 Å². The van der Waals surface area contributed by atoms with Crippen molar-refractivity contribution < 1.29 is 4.74 Å². The molecule has 1 N–H and O–H groups in total. The van der Waals surface area contributed by atoms with E-state index in [0.717, 1.165) is 24.5 Å². The normalized spacial score (nSPS) is 10.6. The average Bonchev–Trinajstić information content (AvgIpc) is 2.68. The summed E-state index contributed by atoms with van der Waals surface area (Å²) in [4.78, 5) is 0. The molecule has 0 radical (unpaired) electrons. The number of aromatic nitrogens is 2. The number of nitrogens with zero attached hydrogens (tertiary/aromatic N) is 2. The Labute approximate surface area is 108 Å². The first-order chi connectivity index (χ1) is 8.69. The van der Waals surface area contributed by atoms with Crippen molar-refractivity contribution in [1.29, 1.82) is 0 Å². The van der Waals surface area contributed by atoms with Gasteiger partial charge in [-0.2, -0.15) is 5.10 Å². The van der Waals surface area contributed by atoms with Gasteiger partial charge in [0.05, 0.1) is 18.5 Å². The van der Waals surface area contributed by atoms with Gasteiger partial charge >= 0.3 is 0 Å². The van der Waals surface area contributed by atoms with Crippen molar-refractivity contribution in [2.75, 3.05) is 7.11 Å². The van der Waals surface area contributed by atoms with E-state index >= 15 is 0 Å². The van der Waals surface area contributed by atoms with Gasteiger partial charge in [0.15, 0.2) is 0 Å². The van der Waals surface area contributed by atoms with Gasteiger partial charge in [-0.1, -0.05) is 12.1 Å². The molecule has 0 aliphatic heterocycles. The van der Waals surface area contributed by atoms with Crippen LogP contribution in [0.1, 0.15) is 17.0 Å². The second-order valence-electron chi connectivity index (χ2n) is 4.36. The number of methoxy groups -OCH3 is 1. The van der Waals surface area contributed by atoms with E-state index in [4.69, 9.17) is 4.74 Å². The van der Waals surface area contributed by atoms with E-state index in [2.05, 4.69) is 22.5 Å². The molecular formula is C14H19N3O. The molecule has 0 fully saturated rings. The predicted molar refractivity (Wildman–Crippen MR) is 71.5 cm³/mol. The molecule has 0 aliphatic carbocycles. The van der Waals surface area contributed by atoms with Crippen LogP contribution in [0.3, 0.4) is 0 Å². The fourth-order valence-corrected chi connectivity index (χ4v) is 1.95. The Hall–Kier alpha value is -1.81. The van der Waals surface area contributed by atoms with Gasteiger partial charge < -0.3 is 10.1 Å². The molecular weight excluding hydrogens is 226 g/mol. The van der Waals surface area contributed by atoms with E-state index < -0.39 is 0 Å². The molecule has 2 rings (SSSR count). The Balaban J connectivity index is 1.90. The minimum Gasteiger partial charge on any atom is -0.497 e. The standard InChI is InChI=1S/C14H19N3O/c1-11-7-13(17(2)16-11)10-15-9-12-5-4-6-14(8-12)18-3/h4-8,15H,9-10H2,1-3H3. The highest BCUT2D eigenvalue weighted by molar-refractivity contribution is 5.28. The first-order valence-corrected chi connectivity index (χ1v) is 6.02. The topological polar surface area (TPSA) is 39.1 Å². The summed E-state index contributed by atoms with van der Waals surface area (Å²) >= 11 is 0. The molecule has 4 nitrogen and oxygen atoms in total. The van der Waals surface area contributed by atoms with E-state index in [9.17, 15) is 0 Å². The molecule has 1 aromatic carbocycles. The minimum atomic E-state index is 0.814. The average molecular weight is 245 g/mol. The van der Waals surface area contributed by atoms with E-state index in [1.807, 2.05) is 36.9 Å². The summed E-state index contributed by atoms with van der Waals surface area (Å²) in [7, 11) is 3.65. The van der Waals surface area contributed by atoms with Gasteiger partial charge in [0, 0.05) is 20.1 Å². The summed E-state index contributed by atoms with van der Waals surface area (Å²) in [6, 6.07) is 10.2. The van der Waals surface area contributed by atoms with Gasteiger partial charge in [-0.15, -0.1) is 0 Å². The number of benzene rings is 1. The molecule has 0 spiro atoms. The first kappa shape index (κ1) is 12.6. The van der Waals surface area contributed by atoms with E-state index in [1.165, 1.54) is 11.3 Å². The van der Waals surface area contributed by atoms with Crippen molar-refractivity contribution in [3.8, 4) is 5.75 Å². The van der Waals surface area contributed by atoms with Gasteiger partial charge in [0.2, 0.25) is 0 Å². The Kier molecular flexibility index (Phi) is 3.99. The highest BCUT2D eigenvalue weighted by Gasteiger charge is 2.01. The number of aryl methyl sites for hydroxylation is 2. The molecule has 0 amide bonds. The lowest BCUT2D eigenvalue weighted by atomic mass is 10.2. The third-order valence-electron chi connectivity index (χ3n) is 2.87. The highest BCUT2D eigenvalue weighted by atomic mass is 16.5. The summed E-state index contributed by atoms with van der Waals surface area (Å²) < 4.78 is 7.11. The summed E-state index contributed by atoms with van der Waals surface area (Å²) in [6.45, 7) is 3.64. The Morgan fingerprint density at radius 1 is 1.28 bits per heavy atom. The largest absolute Gasteiger partial charge is 0.497 e. The fraction of sp³-hybridized carbons (Fsp3) is 0.357. The lowest BCUT2D eigenvalue weighted by Gasteiger charge is -2.06. The van der Waals surface area contributed by atoms with Gasteiger partial charge in [-0.3, -0.25) is 4.68 Å². The smallest absolute Gasteiger partial charge is 0.119 e. The summed E-state index contributed by atoms with van der Waals surface area (Å²) in [6.07, 6.45) is 0. The maximum Gasteiger partial charge on any atom is 0.119 e. The van der Waals surface area contributed by atoms with Gasteiger partial charge in [-0.05, 0) is 30.7 Å². The summed E-state index contributed by atoms with van der Waals surface area (Å²) in [5.74, 6) is 0.894. The maximum atomic E-state index is 5.20. The number of rotatable bonds is 5.